The van der Waals surface area contributed by atoms with Crippen LogP contribution in [0.15, 0.2) is 17.0 Å². The summed E-state index contributed by atoms with van der Waals surface area (Å²) in [5.74, 6) is 0. The average Bonchev–Trinajstić information content (AvgIpc) is 2.06. The third-order valence-electron chi connectivity index (χ3n) is 1.71. The van der Waals surface area contributed by atoms with E-state index in [9.17, 15) is 18.5 Å². The van der Waals surface area contributed by atoms with E-state index in [-0.39, 0.29) is 25.3 Å². The van der Waals surface area contributed by atoms with E-state index >= 15 is 0 Å². The predicted octanol–water partition coefficient (Wildman–Crippen LogP) is -1.08. The van der Waals surface area contributed by atoms with Gasteiger partial charge >= 0.3 is 29.0 Å². The van der Waals surface area contributed by atoms with Gasteiger partial charge in [-0.1, -0.05) is 11.6 Å². The van der Waals surface area contributed by atoms with Gasteiger partial charge in [-0.2, -0.15) is 8.42 Å². The summed E-state index contributed by atoms with van der Waals surface area (Å²) in [6.07, 6.45) is 0. The Kier molecular flexibility index (Phi) is 4.98. The van der Waals surface area contributed by atoms with E-state index in [4.69, 9.17) is 16.2 Å². The minimum Gasteiger partial charge on any atom is -1.00 e. The second-order valence-corrected chi connectivity index (χ2v) is 4.60. The Morgan fingerprint density at radius 3 is 2.38 bits per heavy atom. The number of nitrogens with zero attached hydrogens (tertiary/aromatic N) is 1. The Morgan fingerprint density at radius 2 is 2.00 bits per heavy atom. The van der Waals surface area contributed by atoms with Crippen molar-refractivity contribution in [1.82, 2.24) is 0 Å². The summed E-state index contributed by atoms with van der Waals surface area (Å²) in [7, 11) is -4.64. The van der Waals surface area contributed by atoms with E-state index in [1.807, 2.05) is 0 Å². The van der Waals surface area contributed by atoms with Crippen LogP contribution in [-0.2, 0) is 10.1 Å². The summed E-state index contributed by atoms with van der Waals surface area (Å²) in [4.78, 5) is 8.82. The molecular formula is C7H7ClLiNO5S. The molecule has 0 spiro atoms. The van der Waals surface area contributed by atoms with E-state index in [1.54, 1.807) is 0 Å². The monoisotopic (exact) mass is 259 g/mol. The molecule has 0 aromatic heterocycles. The molecule has 1 aromatic carbocycles. The molecule has 0 heterocycles. The smallest absolute Gasteiger partial charge is 1.00 e. The van der Waals surface area contributed by atoms with Crippen molar-refractivity contribution in [3.63, 3.8) is 0 Å². The van der Waals surface area contributed by atoms with E-state index in [0.717, 1.165) is 12.1 Å². The molecule has 0 aliphatic heterocycles. The summed E-state index contributed by atoms with van der Waals surface area (Å²) in [6, 6.07) is 1.84. The number of rotatable bonds is 2. The molecule has 0 aliphatic rings. The van der Waals surface area contributed by atoms with Crippen LogP contribution >= 0.6 is 11.6 Å². The van der Waals surface area contributed by atoms with E-state index in [1.165, 1.54) is 6.92 Å². The molecule has 1 N–H and O–H groups in total. The summed E-state index contributed by atoms with van der Waals surface area (Å²) in [6.45, 7) is 1.49. The first kappa shape index (κ1) is 15.4. The van der Waals surface area contributed by atoms with Crippen LogP contribution < -0.4 is 18.9 Å². The molecule has 0 saturated heterocycles. The van der Waals surface area contributed by atoms with Crippen molar-refractivity contribution >= 4 is 27.4 Å². The Hall–Kier alpha value is -0.583. The molecule has 0 bridgehead atoms. The van der Waals surface area contributed by atoms with Crippen molar-refractivity contribution in [2.75, 3.05) is 0 Å². The van der Waals surface area contributed by atoms with Gasteiger partial charge in [0.25, 0.3) is 5.69 Å². The fraction of sp³-hybridized carbons (Fsp3) is 0.143. The quantitative estimate of drug-likeness (QED) is 0.315. The molecule has 0 unspecified atom stereocenters. The van der Waals surface area contributed by atoms with E-state index in [2.05, 4.69) is 0 Å². The second-order valence-electron chi connectivity index (χ2n) is 2.80. The number of hydrogen-bond acceptors (Lipinski definition) is 4. The SMILES string of the molecule is Cc1cc([N+](=O)[O-])c(S(=O)(=O)O)cc1Cl.[H-].[Li+]. The van der Waals surface area contributed by atoms with Gasteiger partial charge in [0.15, 0.2) is 4.90 Å². The number of benzene rings is 1. The molecule has 16 heavy (non-hydrogen) atoms. The topological polar surface area (TPSA) is 97.5 Å². The van der Waals surface area contributed by atoms with Crippen molar-refractivity contribution < 1.29 is 38.2 Å². The fourth-order valence-corrected chi connectivity index (χ4v) is 1.89. The maximum Gasteiger partial charge on any atom is 1.00 e. The molecule has 0 saturated carbocycles. The van der Waals surface area contributed by atoms with Crippen LogP contribution in [0, 0.1) is 17.0 Å². The van der Waals surface area contributed by atoms with Crippen LogP contribution in [0.25, 0.3) is 0 Å². The van der Waals surface area contributed by atoms with Gasteiger partial charge in [-0.05, 0) is 18.6 Å². The molecule has 84 valence electrons. The number of hydrogen-bond donors (Lipinski definition) is 1. The molecule has 9 heteroatoms. The zero-order valence-corrected chi connectivity index (χ0v) is 10.0. The van der Waals surface area contributed by atoms with Gasteiger partial charge in [-0.15, -0.1) is 0 Å². The maximum atomic E-state index is 10.8. The van der Waals surface area contributed by atoms with Crippen LogP contribution in [0.3, 0.4) is 0 Å². The van der Waals surface area contributed by atoms with Crippen LogP contribution in [-0.4, -0.2) is 17.9 Å². The van der Waals surface area contributed by atoms with Crippen molar-refractivity contribution in [2.45, 2.75) is 11.8 Å². The minimum absolute atomic E-state index is 0. The number of aryl methyl sites for hydroxylation is 1. The summed E-state index contributed by atoms with van der Waals surface area (Å²) < 4.78 is 30.4. The molecule has 0 radical (unpaired) electrons. The first-order chi connectivity index (χ1) is 6.73. The number of nitro benzene ring substituents is 1. The largest absolute Gasteiger partial charge is 1.00 e. The van der Waals surface area contributed by atoms with Crippen LogP contribution in [0.4, 0.5) is 5.69 Å². The summed E-state index contributed by atoms with van der Waals surface area (Å²) >= 11 is 5.60. The van der Waals surface area contributed by atoms with Gasteiger partial charge < -0.3 is 1.43 Å². The van der Waals surface area contributed by atoms with Crippen molar-refractivity contribution in [1.29, 1.82) is 0 Å². The van der Waals surface area contributed by atoms with Crippen molar-refractivity contribution in [3.05, 3.63) is 32.8 Å². The van der Waals surface area contributed by atoms with Gasteiger partial charge in [-0.3, -0.25) is 14.7 Å². The van der Waals surface area contributed by atoms with E-state index < -0.39 is 25.6 Å². The predicted molar refractivity (Wildman–Crippen MR) is 53.8 cm³/mol. The Balaban J connectivity index is 0. The Bertz CT molecular complexity index is 535. The third kappa shape index (κ3) is 3.20. The number of nitro groups is 1. The van der Waals surface area contributed by atoms with Gasteiger partial charge in [0.2, 0.25) is 0 Å². The standard InChI is InChI=1S/C7H6ClNO5S.Li.H/c1-4-2-6(9(10)11)7(3-5(4)8)15(12,13)14;;/h2-3H,1H3,(H,12,13,14);;/q;+1;-1. The van der Waals surface area contributed by atoms with Gasteiger partial charge in [0.1, 0.15) is 0 Å². The summed E-state index contributed by atoms with van der Waals surface area (Å²) in [5.41, 5.74) is -0.338. The van der Waals surface area contributed by atoms with Crippen molar-refractivity contribution in [3.8, 4) is 0 Å². The molecule has 1 rings (SSSR count). The first-order valence-corrected chi connectivity index (χ1v) is 5.47. The minimum atomic E-state index is -4.64. The molecule has 0 amide bonds. The zero-order chi connectivity index (χ0) is 11.8. The van der Waals surface area contributed by atoms with Gasteiger partial charge in [-0.25, -0.2) is 0 Å². The molecule has 0 atom stereocenters. The van der Waals surface area contributed by atoms with Crippen molar-refractivity contribution in [2.24, 2.45) is 0 Å². The second kappa shape index (κ2) is 5.16. The average molecular weight is 260 g/mol. The maximum absolute atomic E-state index is 10.8. The van der Waals surface area contributed by atoms with Crippen LogP contribution in [0.1, 0.15) is 6.99 Å². The molecule has 0 aliphatic carbocycles. The van der Waals surface area contributed by atoms with Gasteiger partial charge in [0, 0.05) is 11.1 Å². The van der Waals surface area contributed by atoms with Gasteiger partial charge in [0.05, 0.1) is 4.92 Å². The molecular weight excluding hydrogens is 253 g/mol. The zero-order valence-electron chi connectivity index (χ0n) is 9.47. The van der Waals surface area contributed by atoms with E-state index in [0.29, 0.717) is 5.56 Å². The van der Waals surface area contributed by atoms with Crippen LogP contribution in [0.2, 0.25) is 5.02 Å². The molecule has 6 nitrogen and oxygen atoms in total. The number of halogens is 1. The molecule has 0 fully saturated rings. The van der Waals surface area contributed by atoms with Crippen LogP contribution in [0.5, 0.6) is 0 Å². The normalized spacial score (nSPS) is 10.7. The Morgan fingerprint density at radius 1 is 1.50 bits per heavy atom. The Labute approximate surface area is 110 Å². The summed E-state index contributed by atoms with van der Waals surface area (Å²) in [5, 5.41) is 10.6. The third-order valence-corrected chi connectivity index (χ3v) is 3.00. The molecule has 1 aromatic rings. The fourth-order valence-electron chi connectivity index (χ4n) is 0.997. The first-order valence-electron chi connectivity index (χ1n) is 3.65.